The van der Waals surface area contributed by atoms with Crippen molar-refractivity contribution in [3.63, 3.8) is 0 Å². The van der Waals surface area contributed by atoms with Crippen molar-refractivity contribution in [2.75, 3.05) is 0 Å². The van der Waals surface area contributed by atoms with E-state index in [9.17, 15) is 0 Å². The van der Waals surface area contributed by atoms with Gasteiger partial charge in [0.1, 0.15) is 0 Å². The maximum Gasteiger partial charge on any atom is 0.488 e. The van der Waals surface area contributed by atoms with Crippen molar-refractivity contribution < 1.29 is 10.0 Å². The fraction of sp³-hybridized carbons (Fsp3) is 0. The summed E-state index contributed by atoms with van der Waals surface area (Å²) in [5, 5.41) is 22.2. The molecule has 2 N–H and O–H groups in total. The summed E-state index contributed by atoms with van der Waals surface area (Å²) in [6.07, 6.45) is 0. The molecule has 0 aliphatic heterocycles. The van der Waals surface area contributed by atoms with Crippen molar-refractivity contribution >= 4 is 81.9 Å². The van der Waals surface area contributed by atoms with E-state index in [4.69, 9.17) is 10.0 Å². The highest BCUT2D eigenvalue weighted by atomic mass is 79.9. The van der Waals surface area contributed by atoms with E-state index in [1.165, 1.54) is 32.7 Å². The Morgan fingerprint density at radius 3 is 1.21 bits per heavy atom. The van der Waals surface area contributed by atoms with E-state index < -0.39 is 7.12 Å². The summed E-state index contributed by atoms with van der Waals surface area (Å²) < 4.78 is 3.37. The Hall–Kier alpha value is -2.74. The SMILES string of the molecule is Brc1ccc2cc(-c3ccccc3)ccc2c1.Brc1ccc2cc(Br)ccc2c1.OB(O)c1ccccc1. The Labute approximate surface area is 248 Å². The van der Waals surface area contributed by atoms with Gasteiger partial charge in [-0.1, -0.05) is 139 Å². The van der Waals surface area contributed by atoms with Gasteiger partial charge in [0, 0.05) is 13.4 Å². The van der Waals surface area contributed by atoms with Crippen LogP contribution in [0.5, 0.6) is 0 Å². The van der Waals surface area contributed by atoms with Crippen molar-refractivity contribution in [2.24, 2.45) is 0 Å². The fourth-order valence-corrected chi connectivity index (χ4v) is 4.98. The molecule has 0 aliphatic carbocycles. The number of hydrogen-bond acceptors (Lipinski definition) is 2. The quantitative estimate of drug-likeness (QED) is 0.178. The van der Waals surface area contributed by atoms with Gasteiger partial charge in [-0.15, -0.1) is 0 Å². The highest BCUT2D eigenvalue weighted by Gasteiger charge is 2.07. The number of hydrogen-bond donors (Lipinski definition) is 2. The van der Waals surface area contributed by atoms with Crippen molar-refractivity contribution in [3.8, 4) is 11.1 Å². The van der Waals surface area contributed by atoms with E-state index in [1.54, 1.807) is 24.3 Å². The Morgan fingerprint density at radius 1 is 0.395 bits per heavy atom. The van der Waals surface area contributed by atoms with Crippen molar-refractivity contribution in [3.05, 3.63) is 147 Å². The predicted octanol–water partition coefficient (Wildman–Crippen LogP) is 9.00. The van der Waals surface area contributed by atoms with Gasteiger partial charge in [-0.2, -0.15) is 0 Å². The minimum atomic E-state index is -1.34. The lowest BCUT2D eigenvalue weighted by atomic mass is 9.81. The Bertz CT molecular complexity index is 1580. The average Bonchev–Trinajstić information content (AvgIpc) is 2.94. The molecule has 0 saturated carbocycles. The standard InChI is InChI=1S/C16H11Br.C10H6Br2.C6H7BO2/c17-16-9-8-14-10-13(6-7-15(14)11-16)12-4-2-1-3-5-12;11-9-3-1-7-5-10(12)4-2-8(7)6-9;8-7(9)6-4-2-1-3-5-6/h1-11H;1-6H;1-5,8-9H. The molecule has 6 rings (SSSR count). The zero-order valence-electron chi connectivity index (χ0n) is 20.3. The van der Waals surface area contributed by atoms with Gasteiger partial charge in [0.25, 0.3) is 0 Å². The second-order valence-corrected chi connectivity index (χ2v) is 11.2. The second-order valence-electron chi connectivity index (χ2n) is 8.49. The van der Waals surface area contributed by atoms with Crippen LogP contribution in [-0.4, -0.2) is 17.2 Å². The number of fused-ring (bicyclic) bond motifs is 2. The van der Waals surface area contributed by atoms with Crippen LogP contribution in [-0.2, 0) is 0 Å². The Balaban J connectivity index is 0.000000141. The first-order chi connectivity index (χ1) is 18.4. The van der Waals surface area contributed by atoms with Gasteiger partial charge in [-0.25, -0.2) is 0 Å². The van der Waals surface area contributed by atoms with Gasteiger partial charge < -0.3 is 10.0 Å². The average molecular weight is 691 g/mol. The van der Waals surface area contributed by atoms with Gasteiger partial charge >= 0.3 is 7.12 Å². The van der Waals surface area contributed by atoms with Crippen LogP contribution >= 0.6 is 47.8 Å². The molecule has 6 heteroatoms. The normalized spacial score (nSPS) is 10.2. The van der Waals surface area contributed by atoms with E-state index in [2.05, 4.69) is 145 Å². The van der Waals surface area contributed by atoms with Crippen molar-refractivity contribution in [1.29, 1.82) is 0 Å². The summed E-state index contributed by atoms with van der Waals surface area (Å²) in [5.74, 6) is 0. The summed E-state index contributed by atoms with van der Waals surface area (Å²) in [5.41, 5.74) is 3.05. The molecule has 0 spiro atoms. The van der Waals surface area contributed by atoms with Gasteiger partial charge in [0.05, 0.1) is 0 Å². The molecular weight excluding hydrogens is 667 g/mol. The molecule has 0 fully saturated rings. The smallest absolute Gasteiger partial charge is 0.423 e. The van der Waals surface area contributed by atoms with Gasteiger partial charge in [0.2, 0.25) is 0 Å². The summed E-state index contributed by atoms with van der Waals surface area (Å²) in [6, 6.07) is 44.6. The molecule has 0 bridgehead atoms. The second kappa shape index (κ2) is 13.9. The summed E-state index contributed by atoms with van der Waals surface area (Å²) >= 11 is 10.4. The predicted molar refractivity (Wildman–Crippen MR) is 173 cm³/mol. The van der Waals surface area contributed by atoms with Crippen LogP contribution in [0.1, 0.15) is 0 Å². The van der Waals surface area contributed by atoms with Crippen LogP contribution < -0.4 is 5.46 Å². The monoisotopic (exact) mass is 688 g/mol. The molecule has 0 atom stereocenters. The maximum atomic E-state index is 8.58. The summed E-state index contributed by atoms with van der Waals surface area (Å²) in [4.78, 5) is 0. The highest BCUT2D eigenvalue weighted by Crippen LogP contribution is 2.26. The third kappa shape index (κ3) is 8.13. The molecule has 188 valence electrons. The number of rotatable bonds is 2. The zero-order chi connectivity index (χ0) is 26.9. The van der Waals surface area contributed by atoms with E-state index in [0.29, 0.717) is 5.46 Å². The van der Waals surface area contributed by atoms with Crippen LogP contribution in [0, 0.1) is 0 Å². The molecule has 6 aromatic rings. The largest absolute Gasteiger partial charge is 0.488 e. The number of benzene rings is 6. The minimum absolute atomic E-state index is 0.525. The van der Waals surface area contributed by atoms with Gasteiger partial charge in [-0.3, -0.25) is 0 Å². The topological polar surface area (TPSA) is 40.5 Å². The Kier molecular flexibility index (Phi) is 10.3. The molecule has 0 saturated heterocycles. The van der Waals surface area contributed by atoms with Crippen LogP contribution in [0.15, 0.2) is 147 Å². The molecule has 0 aliphatic rings. The lowest BCUT2D eigenvalue weighted by molar-refractivity contribution is 0.426. The first-order valence-electron chi connectivity index (χ1n) is 11.9. The maximum absolute atomic E-state index is 8.58. The van der Waals surface area contributed by atoms with Gasteiger partial charge in [-0.05, 0) is 80.6 Å². The zero-order valence-corrected chi connectivity index (χ0v) is 25.1. The van der Waals surface area contributed by atoms with Crippen molar-refractivity contribution in [1.82, 2.24) is 0 Å². The summed E-state index contributed by atoms with van der Waals surface area (Å²) in [6.45, 7) is 0. The third-order valence-corrected chi connectivity index (χ3v) is 7.25. The van der Waals surface area contributed by atoms with E-state index in [1.807, 2.05) is 12.1 Å². The van der Waals surface area contributed by atoms with E-state index in [-0.39, 0.29) is 0 Å². The first-order valence-corrected chi connectivity index (χ1v) is 14.3. The lowest BCUT2D eigenvalue weighted by Crippen LogP contribution is -2.29. The molecule has 0 aromatic heterocycles. The molecular formula is C32H24BBr3O2. The van der Waals surface area contributed by atoms with Crippen LogP contribution in [0.4, 0.5) is 0 Å². The Morgan fingerprint density at radius 2 is 0.789 bits per heavy atom. The molecule has 38 heavy (non-hydrogen) atoms. The van der Waals surface area contributed by atoms with E-state index in [0.717, 1.165) is 13.4 Å². The molecule has 6 aromatic carbocycles. The molecule has 0 amide bonds. The van der Waals surface area contributed by atoms with Crippen molar-refractivity contribution in [2.45, 2.75) is 0 Å². The third-order valence-electron chi connectivity index (χ3n) is 5.77. The fourth-order valence-electron chi connectivity index (χ4n) is 3.84. The lowest BCUT2D eigenvalue weighted by Gasteiger charge is -2.04. The molecule has 2 nitrogen and oxygen atoms in total. The highest BCUT2D eigenvalue weighted by molar-refractivity contribution is 9.11. The minimum Gasteiger partial charge on any atom is -0.423 e. The van der Waals surface area contributed by atoms with E-state index >= 15 is 0 Å². The van der Waals surface area contributed by atoms with Crippen LogP contribution in [0.3, 0.4) is 0 Å². The van der Waals surface area contributed by atoms with Gasteiger partial charge in [0.15, 0.2) is 0 Å². The van der Waals surface area contributed by atoms with Crippen LogP contribution in [0.25, 0.3) is 32.7 Å². The molecule has 0 unspecified atom stereocenters. The molecule has 0 radical (unpaired) electrons. The summed E-state index contributed by atoms with van der Waals surface area (Å²) in [7, 11) is -1.34. The first kappa shape index (κ1) is 28.3. The molecule has 0 heterocycles. The number of halogens is 3. The van der Waals surface area contributed by atoms with Crippen LogP contribution in [0.2, 0.25) is 0 Å².